The molecule has 2 unspecified atom stereocenters. The van der Waals surface area contributed by atoms with E-state index in [1.165, 1.54) is 7.11 Å². The van der Waals surface area contributed by atoms with E-state index in [9.17, 15) is 4.79 Å². The summed E-state index contributed by atoms with van der Waals surface area (Å²) in [4.78, 5) is 11.3. The third-order valence-electron chi connectivity index (χ3n) is 2.76. The monoisotopic (exact) mass is 235 g/mol. The van der Waals surface area contributed by atoms with E-state index in [2.05, 4.69) is 10.1 Å². The van der Waals surface area contributed by atoms with Crippen LogP contribution in [0.15, 0.2) is 0 Å². The van der Waals surface area contributed by atoms with Crippen LogP contribution in [0.2, 0.25) is 0 Å². The van der Waals surface area contributed by atoms with Crippen molar-refractivity contribution >= 4 is 5.97 Å². The Morgan fingerprint density at radius 2 is 1.69 bits per heavy atom. The Balaban J connectivity index is 4.51. The molecule has 0 aromatic carbocycles. The normalized spacial score (nSPS) is 15.6. The standard InChI is InChI=1S/C10H21NO5/c1-7(9(15)16-3)8(2)11-10(4-12,5-13)6-14/h7-8,11-14H,4-6H2,1-3H3. The molecule has 0 spiro atoms. The zero-order chi connectivity index (χ0) is 12.8. The van der Waals surface area contributed by atoms with Crippen molar-refractivity contribution in [1.29, 1.82) is 0 Å². The summed E-state index contributed by atoms with van der Waals surface area (Å²) in [6.45, 7) is 2.13. The van der Waals surface area contributed by atoms with Gasteiger partial charge >= 0.3 is 5.97 Å². The first kappa shape index (κ1) is 15.3. The van der Waals surface area contributed by atoms with Crippen LogP contribution in [0.4, 0.5) is 0 Å². The Kier molecular flexibility index (Phi) is 6.51. The van der Waals surface area contributed by atoms with Gasteiger partial charge in [0.2, 0.25) is 0 Å². The number of hydrogen-bond donors (Lipinski definition) is 4. The van der Waals surface area contributed by atoms with Crippen molar-refractivity contribution in [2.24, 2.45) is 5.92 Å². The van der Waals surface area contributed by atoms with Crippen LogP contribution < -0.4 is 5.32 Å². The Labute approximate surface area is 95.2 Å². The average Bonchev–Trinajstić information content (AvgIpc) is 2.33. The number of aliphatic hydroxyl groups excluding tert-OH is 3. The van der Waals surface area contributed by atoms with Gasteiger partial charge in [0.05, 0.1) is 38.4 Å². The van der Waals surface area contributed by atoms with Crippen LogP contribution >= 0.6 is 0 Å². The van der Waals surface area contributed by atoms with E-state index in [1.807, 2.05) is 0 Å². The molecule has 0 saturated carbocycles. The van der Waals surface area contributed by atoms with Gasteiger partial charge in [-0.3, -0.25) is 4.79 Å². The first-order chi connectivity index (χ1) is 7.46. The number of carbonyl (C=O) groups excluding carboxylic acids is 1. The van der Waals surface area contributed by atoms with Gasteiger partial charge in [-0.2, -0.15) is 0 Å². The van der Waals surface area contributed by atoms with Crippen molar-refractivity contribution in [2.75, 3.05) is 26.9 Å². The molecule has 0 fully saturated rings. The lowest BCUT2D eigenvalue weighted by molar-refractivity contribution is -0.146. The Bertz CT molecular complexity index is 209. The Morgan fingerprint density at radius 1 is 1.25 bits per heavy atom. The molecule has 0 aliphatic rings. The highest BCUT2D eigenvalue weighted by molar-refractivity contribution is 5.72. The summed E-state index contributed by atoms with van der Waals surface area (Å²) < 4.78 is 4.58. The predicted molar refractivity (Wildman–Crippen MR) is 57.8 cm³/mol. The van der Waals surface area contributed by atoms with Crippen LogP contribution in [-0.2, 0) is 9.53 Å². The van der Waals surface area contributed by atoms with Gasteiger partial charge in [0.25, 0.3) is 0 Å². The van der Waals surface area contributed by atoms with Crippen LogP contribution in [0, 0.1) is 5.92 Å². The maximum absolute atomic E-state index is 11.3. The molecule has 0 radical (unpaired) electrons. The molecule has 6 nitrogen and oxygen atoms in total. The molecular weight excluding hydrogens is 214 g/mol. The summed E-state index contributed by atoms with van der Waals surface area (Å²) >= 11 is 0. The molecule has 0 heterocycles. The van der Waals surface area contributed by atoms with E-state index < -0.39 is 31.3 Å². The number of ether oxygens (including phenoxy) is 1. The van der Waals surface area contributed by atoms with Crippen LogP contribution in [0.25, 0.3) is 0 Å². The summed E-state index contributed by atoms with van der Waals surface area (Å²) in [6, 6.07) is -0.334. The average molecular weight is 235 g/mol. The smallest absolute Gasteiger partial charge is 0.309 e. The molecule has 96 valence electrons. The van der Waals surface area contributed by atoms with E-state index in [0.29, 0.717) is 0 Å². The fourth-order valence-electron chi connectivity index (χ4n) is 1.28. The minimum absolute atomic E-state index is 0.334. The molecule has 16 heavy (non-hydrogen) atoms. The zero-order valence-corrected chi connectivity index (χ0v) is 9.93. The van der Waals surface area contributed by atoms with Crippen molar-refractivity contribution in [2.45, 2.75) is 25.4 Å². The van der Waals surface area contributed by atoms with E-state index >= 15 is 0 Å². The number of methoxy groups -OCH3 is 1. The molecule has 0 aliphatic carbocycles. The van der Waals surface area contributed by atoms with Gasteiger partial charge in [0.1, 0.15) is 0 Å². The highest BCUT2D eigenvalue weighted by Gasteiger charge is 2.32. The largest absolute Gasteiger partial charge is 0.469 e. The molecular formula is C10H21NO5. The van der Waals surface area contributed by atoms with Crippen molar-refractivity contribution in [1.82, 2.24) is 5.32 Å². The second-order valence-electron chi connectivity index (χ2n) is 4.00. The van der Waals surface area contributed by atoms with Gasteiger partial charge in [0.15, 0.2) is 0 Å². The van der Waals surface area contributed by atoms with Gasteiger partial charge in [-0.05, 0) is 6.92 Å². The van der Waals surface area contributed by atoms with E-state index in [0.717, 1.165) is 0 Å². The second kappa shape index (κ2) is 6.80. The molecule has 0 bridgehead atoms. The highest BCUT2D eigenvalue weighted by Crippen LogP contribution is 2.10. The topological polar surface area (TPSA) is 99.0 Å². The van der Waals surface area contributed by atoms with Gasteiger partial charge in [-0.25, -0.2) is 0 Å². The van der Waals surface area contributed by atoms with Crippen molar-refractivity contribution in [3.63, 3.8) is 0 Å². The lowest BCUT2D eigenvalue weighted by Gasteiger charge is -2.33. The fourth-order valence-corrected chi connectivity index (χ4v) is 1.28. The van der Waals surface area contributed by atoms with Crippen molar-refractivity contribution < 1.29 is 24.9 Å². The van der Waals surface area contributed by atoms with Crippen molar-refractivity contribution in [3.8, 4) is 0 Å². The van der Waals surface area contributed by atoms with E-state index in [-0.39, 0.29) is 12.0 Å². The second-order valence-corrected chi connectivity index (χ2v) is 4.00. The zero-order valence-electron chi connectivity index (χ0n) is 9.93. The first-order valence-electron chi connectivity index (χ1n) is 5.14. The molecule has 0 aromatic heterocycles. The van der Waals surface area contributed by atoms with Gasteiger partial charge in [-0.15, -0.1) is 0 Å². The predicted octanol–water partition coefficient (Wildman–Crippen LogP) is -1.51. The fraction of sp³-hybridized carbons (Fsp3) is 0.900. The van der Waals surface area contributed by atoms with Gasteiger partial charge in [-0.1, -0.05) is 6.92 Å². The van der Waals surface area contributed by atoms with E-state index in [1.54, 1.807) is 13.8 Å². The summed E-state index contributed by atoms with van der Waals surface area (Å²) in [5.41, 5.74) is -1.18. The highest BCUT2D eigenvalue weighted by atomic mass is 16.5. The van der Waals surface area contributed by atoms with Crippen molar-refractivity contribution in [3.05, 3.63) is 0 Å². The first-order valence-corrected chi connectivity index (χ1v) is 5.14. The number of nitrogens with one attached hydrogen (secondary N) is 1. The molecule has 2 atom stereocenters. The summed E-state index contributed by atoms with van der Waals surface area (Å²) in [6.07, 6.45) is 0. The lowest BCUT2D eigenvalue weighted by Crippen LogP contribution is -2.59. The van der Waals surface area contributed by atoms with Gasteiger partial charge in [0, 0.05) is 6.04 Å². The van der Waals surface area contributed by atoms with Crippen LogP contribution in [0.3, 0.4) is 0 Å². The summed E-state index contributed by atoms with van der Waals surface area (Å²) in [7, 11) is 1.29. The third-order valence-corrected chi connectivity index (χ3v) is 2.76. The minimum Gasteiger partial charge on any atom is -0.469 e. The maximum Gasteiger partial charge on any atom is 0.309 e. The van der Waals surface area contributed by atoms with Crippen LogP contribution in [0.5, 0.6) is 0 Å². The van der Waals surface area contributed by atoms with Gasteiger partial charge < -0.3 is 25.4 Å². The molecule has 0 aliphatic heterocycles. The number of carbonyl (C=O) groups is 1. The summed E-state index contributed by atoms with van der Waals surface area (Å²) in [5.74, 6) is -0.822. The molecule has 0 aromatic rings. The molecule has 0 saturated heterocycles. The molecule has 0 amide bonds. The molecule has 0 rings (SSSR count). The maximum atomic E-state index is 11.3. The Hall–Kier alpha value is -0.690. The van der Waals surface area contributed by atoms with Crippen LogP contribution in [-0.4, -0.2) is 59.8 Å². The number of aliphatic hydroxyl groups is 3. The van der Waals surface area contributed by atoms with E-state index in [4.69, 9.17) is 15.3 Å². The molecule has 6 heteroatoms. The number of rotatable bonds is 7. The SMILES string of the molecule is COC(=O)C(C)C(C)NC(CO)(CO)CO. The lowest BCUT2D eigenvalue weighted by atomic mass is 9.97. The Morgan fingerprint density at radius 3 is 2.00 bits per heavy atom. The quantitative estimate of drug-likeness (QED) is 0.400. The number of hydrogen-bond acceptors (Lipinski definition) is 6. The molecule has 4 N–H and O–H groups in total. The summed E-state index contributed by atoms with van der Waals surface area (Å²) in [5, 5.41) is 30.2. The minimum atomic E-state index is -1.18. The number of esters is 1. The van der Waals surface area contributed by atoms with Crippen LogP contribution in [0.1, 0.15) is 13.8 Å². The third kappa shape index (κ3) is 3.71.